The molecule has 1 rings (SSSR count). The SMILES string of the molecule is COc1cc(OC)cc([C@@H](CO)C(=O)O)c1. The molecule has 5 heteroatoms. The summed E-state index contributed by atoms with van der Waals surface area (Å²) in [5.41, 5.74) is 0.450. The summed E-state index contributed by atoms with van der Waals surface area (Å²) in [6.45, 7) is -0.467. The molecular formula is C11H14O5. The van der Waals surface area contributed by atoms with Crippen molar-refractivity contribution in [2.45, 2.75) is 5.92 Å². The second-order valence-corrected chi connectivity index (χ2v) is 3.22. The molecule has 1 atom stereocenters. The van der Waals surface area contributed by atoms with E-state index in [0.29, 0.717) is 17.1 Å². The average molecular weight is 226 g/mol. The number of rotatable bonds is 5. The highest BCUT2D eigenvalue weighted by molar-refractivity contribution is 5.76. The predicted octanol–water partition coefficient (Wildman–Crippen LogP) is 0.864. The first-order valence-corrected chi connectivity index (χ1v) is 4.69. The zero-order valence-electron chi connectivity index (χ0n) is 9.14. The number of carbonyl (C=O) groups is 1. The summed E-state index contributed by atoms with van der Waals surface area (Å²) in [7, 11) is 2.96. The maximum Gasteiger partial charge on any atom is 0.313 e. The van der Waals surface area contributed by atoms with Crippen LogP contribution in [-0.4, -0.2) is 37.0 Å². The zero-order chi connectivity index (χ0) is 12.1. The average Bonchev–Trinajstić information content (AvgIpc) is 2.29. The molecule has 0 unspecified atom stereocenters. The highest BCUT2D eigenvalue weighted by Crippen LogP contribution is 2.27. The van der Waals surface area contributed by atoms with Crippen LogP contribution in [0.15, 0.2) is 18.2 Å². The highest BCUT2D eigenvalue weighted by Gasteiger charge is 2.20. The summed E-state index contributed by atoms with van der Waals surface area (Å²) in [5.74, 6) is -1.06. The van der Waals surface area contributed by atoms with Crippen LogP contribution in [0.3, 0.4) is 0 Å². The number of aliphatic hydroxyl groups is 1. The summed E-state index contributed by atoms with van der Waals surface area (Å²) in [4.78, 5) is 10.9. The third-order valence-electron chi connectivity index (χ3n) is 2.26. The van der Waals surface area contributed by atoms with Gasteiger partial charge in [0.1, 0.15) is 17.4 Å². The minimum Gasteiger partial charge on any atom is -0.497 e. The largest absolute Gasteiger partial charge is 0.497 e. The van der Waals surface area contributed by atoms with Gasteiger partial charge in [-0.2, -0.15) is 0 Å². The molecule has 0 bridgehead atoms. The van der Waals surface area contributed by atoms with E-state index in [-0.39, 0.29) is 0 Å². The number of benzene rings is 1. The van der Waals surface area contributed by atoms with Crippen LogP contribution in [0.25, 0.3) is 0 Å². The number of methoxy groups -OCH3 is 2. The van der Waals surface area contributed by atoms with Gasteiger partial charge in [-0.3, -0.25) is 4.79 Å². The summed E-state index contributed by atoms with van der Waals surface area (Å²) in [5, 5.41) is 17.9. The van der Waals surface area contributed by atoms with Crippen molar-refractivity contribution in [3.8, 4) is 11.5 Å². The van der Waals surface area contributed by atoms with Gasteiger partial charge in [0.15, 0.2) is 0 Å². The van der Waals surface area contributed by atoms with Crippen molar-refractivity contribution in [1.29, 1.82) is 0 Å². The molecule has 0 saturated heterocycles. The molecule has 0 aliphatic heterocycles. The van der Waals surface area contributed by atoms with Crippen molar-refractivity contribution in [2.24, 2.45) is 0 Å². The molecule has 0 radical (unpaired) electrons. The van der Waals surface area contributed by atoms with E-state index in [0.717, 1.165) is 0 Å². The van der Waals surface area contributed by atoms with Gasteiger partial charge in [0, 0.05) is 6.07 Å². The van der Waals surface area contributed by atoms with Crippen LogP contribution in [0.2, 0.25) is 0 Å². The maximum atomic E-state index is 10.9. The first-order valence-electron chi connectivity index (χ1n) is 4.69. The van der Waals surface area contributed by atoms with Crippen LogP contribution in [0, 0.1) is 0 Å². The third-order valence-corrected chi connectivity index (χ3v) is 2.26. The smallest absolute Gasteiger partial charge is 0.313 e. The topological polar surface area (TPSA) is 76.0 Å². The van der Waals surface area contributed by atoms with Crippen LogP contribution in [0.1, 0.15) is 11.5 Å². The van der Waals surface area contributed by atoms with Crippen molar-refractivity contribution < 1.29 is 24.5 Å². The van der Waals surface area contributed by atoms with Crippen LogP contribution in [-0.2, 0) is 4.79 Å². The monoisotopic (exact) mass is 226 g/mol. The lowest BCUT2D eigenvalue weighted by Gasteiger charge is -2.12. The molecule has 0 aromatic heterocycles. The quantitative estimate of drug-likeness (QED) is 0.778. The van der Waals surface area contributed by atoms with Crippen molar-refractivity contribution in [3.63, 3.8) is 0 Å². The van der Waals surface area contributed by atoms with Gasteiger partial charge in [0.2, 0.25) is 0 Å². The fraction of sp³-hybridized carbons (Fsp3) is 0.364. The molecule has 0 aliphatic carbocycles. The molecule has 1 aromatic carbocycles. The van der Waals surface area contributed by atoms with Gasteiger partial charge in [0.05, 0.1) is 20.8 Å². The van der Waals surface area contributed by atoms with Crippen molar-refractivity contribution in [1.82, 2.24) is 0 Å². The van der Waals surface area contributed by atoms with E-state index in [4.69, 9.17) is 19.7 Å². The predicted molar refractivity (Wildman–Crippen MR) is 57.0 cm³/mol. The lowest BCUT2D eigenvalue weighted by atomic mass is 9.99. The number of hydrogen-bond donors (Lipinski definition) is 2. The Hall–Kier alpha value is -1.75. The molecular weight excluding hydrogens is 212 g/mol. The molecule has 5 nitrogen and oxygen atoms in total. The number of aliphatic carboxylic acids is 1. The number of hydrogen-bond acceptors (Lipinski definition) is 4. The van der Waals surface area contributed by atoms with Gasteiger partial charge in [-0.25, -0.2) is 0 Å². The number of carboxylic acid groups (broad SMARTS) is 1. The molecule has 0 aliphatic rings. The van der Waals surface area contributed by atoms with Gasteiger partial charge in [-0.05, 0) is 17.7 Å². The minimum atomic E-state index is -1.09. The number of ether oxygens (including phenoxy) is 2. The minimum absolute atomic E-state index is 0.450. The van der Waals surface area contributed by atoms with E-state index < -0.39 is 18.5 Å². The lowest BCUT2D eigenvalue weighted by Crippen LogP contribution is -2.15. The van der Waals surface area contributed by atoms with E-state index >= 15 is 0 Å². The van der Waals surface area contributed by atoms with Crippen LogP contribution in [0.4, 0.5) is 0 Å². The fourth-order valence-electron chi connectivity index (χ4n) is 1.36. The third kappa shape index (κ3) is 2.64. The highest BCUT2D eigenvalue weighted by atomic mass is 16.5. The molecule has 0 heterocycles. The zero-order valence-corrected chi connectivity index (χ0v) is 9.14. The first kappa shape index (κ1) is 12.3. The van der Waals surface area contributed by atoms with E-state index in [1.54, 1.807) is 18.2 Å². The maximum absolute atomic E-state index is 10.9. The molecule has 1 aromatic rings. The molecule has 16 heavy (non-hydrogen) atoms. The van der Waals surface area contributed by atoms with Crippen molar-refractivity contribution >= 4 is 5.97 Å². The molecule has 88 valence electrons. The van der Waals surface area contributed by atoms with Gasteiger partial charge < -0.3 is 19.7 Å². The molecule has 0 fully saturated rings. The molecule has 0 amide bonds. The van der Waals surface area contributed by atoms with E-state index in [1.807, 2.05) is 0 Å². The van der Waals surface area contributed by atoms with E-state index in [9.17, 15) is 4.79 Å². The van der Waals surface area contributed by atoms with Gasteiger partial charge in [-0.1, -0.05) is 0 Å². The Morgan fingerprint density at radius 3 is 2.06 bits per heavy atom. The molecule has 2 N–H and O–H groups in total. The van der Waals surface area contributed by atoms with E-state index in [1.165, 1.54) is 14.2 Å². The molecule has 0 saturated carbocycles. The van der Waals surface area contributed by atoms with Gasteiger partial charge in [0.25, 0.3) is 0 Å². The Balaban J connectivity index is 3.15. The second-order valence-electron chi connectivity index (χ2n) is 3.22. The Labute approximate surface area is 93.2 Å². The summed E-state index contributed by atoms with van der Waals surface area (Å²) in [6, 6.07) is 4.77. The Morgan fingerprint density at radius 2 is 1.75 bits per heavy atom. The fourth-order valence-corrected chi connectivity index (χ4v) is 1.36. The Morgan fingerprint density at radius 1 is 1.25 bits per heavy atom. The van der Waals surface area contributed by atoms with Crippen LogP contribution < -0.4 is 9.47 Å². The van der Waals surface area contributed by atoms with Crippen molar-refractivity contribution in [3.05, 3.63) is 23.8 Å². The van der Waals surface area contributed by atoms with Gasteiger partial charge in [-0.15, -0.1) is 0 Å². The Kier molecular flexibility index (Phi) is 4.13. The van der Waals surface area contributed by atoms with Crippen LogP contribution >= 0.6 is 0 Å². The van der Waals surface area contributed by atoms with Crippen molar-refractivity contribution in [2.75, 3.05) is 20.8 Å². The second kappa shape index (κ2) is 5.37. The first-order chi connectivity index (χ1) is 7.62. The molecule has 0 spiro atoms. The Bertz CT molecular complexity index is 352. The van der Waals surface area contributed by atoms with Gasteiger partial charge >= 0.3 is 5.97 Å². The van der Waals surface area contributed by atoms with Crippen LogP contribution in [0.5, 0.6) is 11.5 Å². The standard InChI is InChI=1S/C11H14O5/c1-15-8-3-7(4-9(5-8)16-2)10(6-12)11(13)14/h3-5,10,12H,6H2,1-2H3,(H,13,14)/t10-/m1/s1. The lowest BCUT2D eigenvalue weighted by molar-refractivity contribution is -0.139. The van der Waals surface area contributed by atoms with E-state index in [2.05, 4.69) is 0 Å². The summed E-state index contributed by atoms with van der Waals surface area (Å²) < 4.78 is 10.0. The summed E-state index contributed by atoms with van der Waals surface area (Å²) >= 11 is 0. The summed E-state index contributed by atoms with van der Waals surface area (Å²) in [6.07, 6.45) is 0. The number of aliphatic hydroxyl groups excluding tert-OH is 1. The number of carboxylic acids is 1. The normalized spacial score (nSPS) is 11.9.